The van der Waals surface area contributed by atoms with E-state index in [4.69, 9.17) is 7.98 Å². The van der Waals surface area contributed by atoms with Crippen LogP contribution in [-0.4, -0.2) is 29.2 Å². The molecule has 0 aliphatic rings. The van der Waals surface area contributed by atoms with E-state index >= 15 is 0 Å². The Morgan fingerprint density at radius 1 is 1.90 bits per heavy atom. The van der Waals surface area contributed by atoms with E-state index in [-0.39, 0.29) is 0 Å². The zero-order valence-electron chi connectivity index (χ0n) is 5.32. The first-order chi connectivity index (χ1) is 4.83. The van der Waals surface area contributed by atoms with Crippen LogP contribution in [0.4, 0.5) is 0 Å². The van der Waals surface area contributed by atoms with Crippen molar-refractivity contribution in [1.82, 2.24) is 14.8 Å². The van der Waals surface area contributed by atoms with Crippen molar-refractivity contribution in [3.05, 3.63) is 18.2 Å². The molecule has 1 rings (SSSR count). The monoisotopic (exact) mass is 135 g/mol. The molecule has 10 heavy (non-hydrogen) atoms. The van der Waals surface area contributed by atoms with Crippen LogP contribution in [0.3, 0.4) is 0 Å². The molecule has 0 atom stereocenters. The van der Waals surface area contributed by atoms with Crippen LogP contribution in [0.2, 0.25) is 0 Å². The van der Waals surface area contributed by atoms with Crippen molar-refractivity contribution in [2.24, 2.45) is 0 Å². The Morgan fingerprint density at radius 3 is 3.20 bits per heavy atom. The third-order valence-corrected chi connectivity index (χ3v) is 1.02. The molecule has 0 saturated carbocycles. The Balaban J connectivity index is 2.47. The van der Waals surface area contributed by atoms with E-state index < -0.39 is 0 Å². The highest BCUT2D eigenvalue weighted by Gasteiger charge is 1.96. The highest BCUT2D eigenvalue weighted by Crippen LogP contribution is 1.90. The van der Waals surface area contributed by atoms with E-state index in [1.165, 1.54) is 0 Å². The molecule has 0 bridgehead atoms. The number of H-pyrrole nitrogens is 1. The van der Waals surface area contributed by atoms with Gasteiger partial charge in [-0.25, -0.2) is 4.98 Å². The second kappa shape index (κ2) is 3.05. The van der Waals surface area contributed by atoms with Gasteiger partial charge in [0.1, 0.15) is 5.82 Å². The standard InChI is InChI=1S/C5H6BN3O/c6-9(4-10)3-5-7-1-2-8-5/h1-2,4H,3H2,(H,7,8). The van der Waals surface area contributed by atoms with Crippen molar-refractivity contribution in [3.8, 4) is 0 Å². The van der Waals surface area contributed by atoms with E-state index in [9.17, 15) is 4.79 Å². The molecule has 0 saturated heterocycles. The Morgan fingerprint density at radius 2 is 2.70 bits per heavy atom. The highest BCUT2D eigenvalue weighted by atomic mass is 16.1. The summed E-state index contributed by atoms with van der Waals surface area (Å²) in [6.45, 7) is 0.316. The van der Waals surface area contributed by atoms with Crippen molar-refractivity contribution in [1.29, 1.82) is 0 Å². The second-order valence-electron chi connectivity index (χ2n) is 1.81. The fourth-order valence-electron chi connectivity index (χ4n) is 0.595. The molecule has 0 aliphatic heterocycles. The molecular formula is C5H6BN3O. The lowest BCUT2D eigenvalue weighted by Gasteiger charge is -2.06. The summed E-state index contributed by atoms with van der Waals surface area (Å²) in [5.41, 5.74) is 0. The van der Waals surface area contributed by atoms with Gasteiger partial charge in [-0.2, -0.15) is 0 Å². The molecule has 1 heterocycles. The number of aromatic amines is 1. The first-order valence-corrected chi connectivity index (χ1v) is 2.78. The summed E-state index contributed by atoms with van der Waals surface area (Å²) in [7, 11) is 5.17. The lowest BCUT2D eigenvalue weighted by atomic mass is 10.3. The van der Waals surface area contributed by atoms with Crippen molar-refractivity contribution in [3.63, 3.8) is 0 Å². The van der Waals surface area contributed by atoms with Gasteiger partial charge < -0.3 is 9.79 Å². The molecule has 1 amide bonds. The van der Waals surface area contributed by atoms with E-state index in [1.807, 2.05) is 0 Å². The van der Waals surface area contributed by atoms with Gasteiger partial charge in [0.2, 0.25) is 7.98 Å². The number of amides is 1. The van der Waals surface area contributed by atoms with Crippen molar-refractivity contribution < 1.29 is 4.79 Å². The lowest BCUT2D eigenvalue weighted by molar-refractivity contribution is -0.114. The number of carbonyl (C=O) groups excluding carboxylic acids is 1. The van der Waals surface area contributed by atoms with Gasteiger partial charge in [0.25, 0.3) is 0 Å². The minimum Gasteiger partial charge on any atom is -0.392 e. The predicted octanol–water partition coefficient (Wildman–Crippen LogP) is -0.548. The summed E-state index contributed by atoms with van der Waals surface area (Å²) in [4.78, 5) is 17.7. The van der Waals surface area contributed by atoms with Gasteiger partial charge >= 0.3 is 0 Å². The third-order valence-electron chi connectivity index (χ3n) is 1.02. The van der Waals surface area contributed by atoms with Gasteiger partial charge in [-0.3, -0.25) is 4.79 Å². The number of nitrogens with one attached hydrogen (secondary N) is 1. The largest absolute Gasteiger partial charge is 0.392 e. The van der Waals surface area contributed by atoms with Gasteiger partial charge in [0, 0.05) is 12.4 Å². The van der Waals surface area contributed by atoms with Gasteiger partial charge in [-0.1, -0.05) is 0 Å². The van der Waals surface area contributed by atoms with E-state index in [2.05, 4.69) is 9.97 Å². The van der Waals surface area contributed by atoms with Crippen LogP contribution < -0.4 is 0 Å². The van der Waals surface area contributed by atoms with Crippen LogP contribution in [0.5, 0.6) is 0 Å². The molecule has 0 spiro atoms. The summed E-state index contributed by atoms with van der Waals surface area (Å²) in [5.74, 6) is 0.676. The van der Waals surface area contributed by atoms with E-state index in [0.717, 1.165) is 4.81 Å². The van der Waals surface area contributed by atoms with Crippen LogP contribution in [-0.2, 0) is 11.3 Å². The normalized spacial score (nSPS) is 9.20. The zero-order valence-corrected chi connectivity index (χ0v) is 5.32. The van der Waals surface area contributed by atoms with Crippen molar-refractivity contribution >= 4 is 14.4 Å². The molecule has 1 N–H and O–H groups in total. The van der Waals surface area contributed by atoms with Gasteiger partial charge in [-0.05, 0) is 0 Å². The molecule has 1 aromatic heterocycles. The van der Waals surface area contributed by atoms with Crippen LogP contribution in [0.1, 0.15) is 5.82 Å². The molecule has 5 heteroatoms. The first-order valence-electron chi connectivity index (χ1n) is 2.78. The van der Waals surface area contributed by atoms with E-state index in [0.29, 0.717) is 18.8 Å². The topological polar surface area (TPSA) is 49.0 Å². The predicted molar refractivity (Wildman–Crippen MR) is 35.9 cm³/mol. The summed E-state index contributed by atoms with van der Waals surface area (Å²) >= 11 is 0. The zero-order chi connectivity index (χ0) is 7.40. The van der Waals surface area contributed by atoms with Crippen LogP contribution >= 0.6 is 0 Å². The first kappa shape index (κ1) is 6.86. The molecule has 0 unspecified atom stereocenters. The maximum atomic E-state index is 9.99. The molecule has 1 aromatic rings. The fourth-order valence-corrected chi connectivity index (χ4v) is 0.595. The SMILES string of the molecule is [B]N(C=O)Cc1ncc[nH]1. The minimum absolute atomic E-state index is 0.316. The van der Waals surface area contributed by atoms with Crippen molar-refractivity contribution in [2.45, 2.75) is 6.54 Å². The number of aromatic nitrogens is 2. The lowest BCUT2D eigenvalue weighted by Crippen LogP contribution is -2.17. The number of imidazole rings is 1. The third kappa shape index (κ3) is 1.61. The molecule has 50 valence electrons. The fraction of sp³-hybridized carbons (Fsp3) is 0.200. The summed E-state index contributed by atoms with van der Waals surface area (Å²) in [6.07, 6.45) is 3.82. The van der Waals surface area contributed by atoms with Gasteiger partial charge in [0.15, 0.2) is 6.41 Å². The molecule has 4 nitrogen and oxygen atoms in total. The average Bonchev–Trinajstić information content (AvgIpc) is 2.40. The van der Waals surface area contributed by atoms with Crippen molar-refractivity contribution in [2.75, 3.05) is 0 Å². The minimum atomic E-state index is 0.316. The smallest absolute Gasteiger partial charge is 0.230 e. The average molecular weight is 135 g/mol. The van der Waals surface area contributed by atoms with Gasteiger partial charge in [-0.15, -0.1) is 0 Å². The Labute approximate surface area is 59.7 Å². The summed E-state index contributed by atoms with van der Waals surface area (Å²) < 4.78 is 0. The number of carbonyl (C=O) groups is 1. The molecule has 0 fully saturated rings. The Bertz CT molecular complexity index is 199. The molecule has 0 aliphatic carbocycles. The number of hydrogen-bond acceptors (Lipinski definition) is 2. The highest BCUT2D eigenvalue weighted by molar-refractivity contribution is 6.09. The second-order valence-corrected chi connectivity index (χ2v) is 1.81. The Kier molecular flexibility index (Phi) is 2.09. The quantitative estimate of drug-likeness (QED) is 0.446. The number of hydrogen-bond donors (Lipinski definition) is 1. The van der Waals surface area contributed by atoms with Crippen LogP contribution in [0, 0.1) is 0 Å². The molecular weight excluding hydrogens is 129 g/mol. The van der Waals surface area contributed by atoms with Gasteiger partial charge in [0.05, 0.1) is 6.54 Å². The number of rotatable bonds is 3. The maximum absolute atomic E-state index is 9.99. The number of nitrogens with zero attached hydrogens (tertiary/aromatic N) is 2. The maximum Gasteiger partial charge on any atom is 0.230 e. The van der Waals surface area contributed by atoms with Crippen LogP contribution in [0.25, 0.3) is 0 Å². The molecule has 0 aromatic carbocycles. The van der Waals surface area contributed by atoms with E-state index in [1.54, 1.807) is 12.4 Å². The van der Waals surface area contributed by atoms with Crippen LogP contribution in [0.15, 0.2) is 12.4 Å². The summed E-state index contributed by atoms with van der Waals surface area (Å²) in [6, 6.07) is 0. The summed E-state index contributed by atoms with van der Waals surface area (Å²) in [5, 5.41) is 0. The molecule has 2 radical (unpaired) electrons. The Hall–Kier alpha value is -1.26.